The second-order valence-corrected chi connectivity index (χ2v) is 6.22. The Morgan fingerprint density at radius 3 is 2.75 bits per heavy atom. The molecule has 130 valence electrons. The van der Waals surface area contributed by atoms with Gasteiger partial charge in [-0.3, -0.25) is 4.90 Å². The smallest absolute Gasteiger partial charge is 0.247 e. The fourth-order valence-corrected chi connectivity index (χ4v) is 2.80. The van der Waals surface area contributed by atoms with Crippen LogP contribution in [0.25, 0.3) is 11.5 Å². The van der Waals surface area contributed by atoms with Crippen molar-refractivity contribution in [3.63, 3.8) is 0 Å². The molecule has 0 N–H and O–H groups in total. The molecule has 0 bridgehead atoms. The summed E-state index contributed by atoms with van der Waals surface area (Å²) in [6.07, 6.45) is 0.220. The average Bonchev–Trinajstić information content (AvgIpc) is 3.03. The van der Waals surface area contributed by atoms with E-state index in [0.29, 0.717) is 18.3 Å². The normalized spacial score (nSPS) is 18.9. The summed E-state index contributed by atoms with van der Waals surface area (Å²) in [7, 11) is 5.76. The van der Waals surface area contributed by atoms with E-state index in [0.717, 1.165) is 37.6 Å². The van der Waals surface area contributed by atoms with Crippen LogP contribution in [0.4, 0.5) is 0 Å². The van der Waals surface area contributed by atoms with Gasteiger partial charge in [-0.25, -0.2) is 0 Å². The molecule has 2 heterocycles. The number of likely N-dealkylation sites (N-methyl/N-ethyl adjacent to an activating group) is 1. The van der Waals surface area contributed by atoms with E-state index in [4.69, 9.17) is 13.9 Å². The van der Waals surface area contributed by atoms with Gasteiger partial charge in [-0.15, -0.1) is 10.2 Å². The molecule has 7 heteroatoms. The molecular weight excluding hydrogens is 308 g/mol. The minimum Gasteiger partial charge on any atom is -0.497 e. The van der Waals surface area contributed by atoms with Crippen LogP contribution in [0.15, 0.2) is 28.7 Å². The molecule has 7 nitrogen and oxygen atoms in total. The molecule has 0 aliphatic carbocycles. The largest absolute Gasteiger partial charge is 0.497 e. The van der Waals surface area contributed by atoms with Gasteiger partial charge in [0, 0.05) is 25.2 Å². The van der Waals surface area contributed by atoms with Crippen molar-refractivity contribution in [3.8, 4) is 17.2 Å². The van der Waals surface area contributed by atoms with Gasteiger partial charge in [-0.05, 0) is 38.4 Å². The Hall–Kier alpha value is -1.96. The van der Waals surface area contributed by atoms with E-state index in [1.165, 1.54) is 0 Å². The monoisotopic (exact) mass is 332 g/mol. The maximum Gasteiger partial charge on any atom is 0.247 e. The zero-order valence-corrected chi connectivity index (χ0v) is 14.4. The number of benzene rings is 1. The molecule has 1 aliphatic heterocycles. The van der Waals surface area contributed by atoms with Crippen LogP contribution in [0.3, 0.4) is 0 Å². The minimum absolute atomic E-state index is 0.220. The van der Waals surface area contributed by atoms with Gasteiger partial charge in [-0.1, -0.05) is 0 Å². The zero-order chi connectivity index (χ0) is 16.9. The van der Waals surface area contributed by atoms with Crippen molar-refractivity contribution in [2.45, 2.75) is 12.6 Å². The summed E-state index contributed by atoms with van der Waals surface area (Å²) in [5, 5.41) is 8.33. The molecule has 0 radical (unpaired) electrons. The number of aromatic nitrogens is 2. The number of nitrogens with zero attached hydrogens (tertiary/aromatic N) is 4. The van der Waals surface area contributed by atoms with Gasteiger partial charge < -0.3 is 18.8 Å². The highest BCUT2D eigenvalue weighted by atomic mass is 16.5. The third-order valence-corrected chi connectivity index (χ3v) is 3.95. The zero-order valence-electron chi connectivity index (χ0n) is 14.4. The molecule has 1 aromatic carbocycles. The summed E-state index contributed by atoms with van der Waals surface area (Å²) in [6.45, 7) is 4.05. The highest BCUT2D eigenvalue weighted by molar-refractivity contribution is 5.53. The van der Waals surface area contributed by atoms with Crippen molar-refractivity contribution in [3.05, 3.63) is 30.2 Å². The van der Waals surface area contributed by atoms with Crippen molar-refractivity contribution < 1.29 is 13.9 Å². The minimum atomic E-state index is 0.220. The second kappa shape index (κ2) is 7.74. The Bertz CT molecular complexity index is 642. The third kappa shape index (κ3) is 4.31. The Kier molecular flexibility index (Phi) is 5.44. The molecule has 0 saturated carbocycles. The average molecular weight is 332 g/mol. The Morgan fingerprint density at radius 2 is 2.04 bits per heavy atom. The van der Waals surface area contributed by atoms with Gasteiger partial charge in [0.1, 0.15) is 5.75 Å². The summed E-state index contributed by atoms with van der Waals surface area (Å²) < 4.78 is 16.8. The lowest BCUT2D eigenvalue weighted by atomic mass is 10.2. The molecule has 0 amide bonds. The van der Waals surface area contributed by atoms with Crippen molar-refractivity contribution in [1.82, 2.24) is 20.0 Å². The van der Waals surface area contributed by atoms with Crippen LogP contribution in [-0.2, 0) is 11.3 Å². The molecule has 1 unspecified atom stereocenters. The van der Waals surface area contributed by atoms with Crippen LogP contribution in [-0.4, -0.2) is 73.5 Å². The van der Waals surface area contributed by atoms with Crippen LogP contribution >= 0.6 is 0 Å². The van der Waals surface area contributed by atoms with Crippen LogP contribution in [0.2, 0.25) is 0 Å². The molecule has 0 spiro atoms. The van der Waals surface area contributed by atoms with E-state index in [9.17, 15) is 0 Å². The Labute approximate surface area is 142 Å². The predicted octanol–water partition coefficient (Wildman–Crippen LogP) is 1.51. The SMILES string of the molecule is COc1ccc(-c2nnc(CN3CCOC(CN(C)C)C3)o2)cc1. The summed E-state index contributed by atoms with van der Waals surface area (Å²) in [5.74, 6) is 1.97. The Balaban J connectivity index is 1.61. The molecule has 1 atom stereocenters. The van der Waals surface area contributed by atoms with E-state index in [1.807, 2.05) is 24.3 Å². The third-order valence-electron chi connectivity index (χ3n) is 3.95. The number of rotatable bonds is 6. The lowest BCUT2D eigenvalue weighted by molar-refractivity contribution is -0.0426. The molecule has 2 aromatic rings. The van der Waals surface area contributed by atoms with Gasteiger partial charge in [0.25, 0.3) is 0 Å². The highest BCUT2D eigenvalue weighted by Crippen LogP contribution is 2.21. The predicted molar refractivity (Wildman–Crippen MR) is 89.9 cm³/mol. The van der Waals surface area contributed by atoms with E-state index < -0.39 is 0 Å². The first-order valence-corrected chi connectivity index (χ1v) is 8.09. The molecule has 24 heavy (non-hydrogen) atoms. The number of hydrogen-bond donors (Lipinski definition) is 0. The van der Waals surface area contributed by atoms with Crippen molar-refractivity contribution >= 4 is 0 Å². The van der Waals surface area contributed by atoms with Gasteiger partial charge in [0.15, 0.2) is 0 Å². The molecule has 1 aromatic heterocycles. The van der Waals surface area contributed by atoms with Crippen molar-refractivity contribution in [1.29, 1.82) is 0 Å². The topological polar surface area (TPSA) is 63.9 Å². The first-order valence-electron chi connectivity index (χ1n) is 8.09. The van der Waals surface area contributed by atoms with Crippen molar-refractivity contribution in [2.24, 2.45) is 0 Å². The standard InChI is InChI=1S/C17H24N4O3/c1-20(2)10-15-11-21(8-9-23-15)12-16-18-19-17(24-16)13-4-6-14(22-3)7-5-13/h4-7,15H,8-12H2,1-3H3. The van der Waals surface area contributed by atoms with Crippen molar-refractivity contribution in [2.75, 3.05) is 47.4 Å². The maximum atomic E-state index is 5.81. The molecular formula is C17H24N4O3. The summed E-state index contributed by atoms with van der Waals surface area (Å²) in [6, 6.07) is 7.59. The first kappa shape index (κ1) is 16.9. The van der Waals surface area contributed by atoms with Gasteiger partial charge in [-0.2, -0.15) is 0 Å². The number of ether oxygens (including phenoxy) is 2. The van der Waals surface area contributed by atoms with E-state index in [-0.39, 0.29) is 6.10 Å². The fraction of sp³-hybridized carbons (Fsp3) is 0.529. The molecule has 1 fully saturated rings. The summed E-state index contributed by atoms with van der Waals surface area (Å²) in [5.41, 5.74) is 0.891. The van der Waals surface area contributed by atoms with Gasteiger partial charge in [0.2, 0.25) is 11.8 Å². The molecule has 3 rings (SSSR count). The number of morpholine rings is 1. The molecule has 1 aliphatic rings. The lowest BCUT2D eigenvalue weighted by Gasteiger charge is -2.33. The molecule has 1 saturated heterocycles. The van der Waals surface area contributed by atoms with Gasteiger partial charge in [0.05, 0.1) is 26.4 Å². The van der Waals surface area contributed by atoms with E-state index in [2.05, 4.69) is 34.1 Å². The number of hydrogen-bond acceptors (Lipinski definition) is 7. The second-order valence-electron chi connectivity index (χ2n) is 6.22. The quantitative estimate of drug-likeness (QED) is 0.794. The van der Waals surface area contributed by atoms with Crippen LogP contribution < -0.4 is 4.74 Å². The summed E-state index contributed by atoms with van der Waals surface area (Å²) >= 11 is 0. The van der Waals surface area contributed by atoms with Crippen LogP contribution in [0.5, 0.6) is 5.75 Å². The van der Waals surface area contributed by atoms with Crippen LogP contribution in [0, 0.1) is 0 Å². The first-order chi connectivity index (χ1) is 11.6. The van der Waals surface area contributed by atoms with E-state index >= 15 is 0 Å². The number of methoxy groups -OCH3 is 1. The van der Waals surface area contributed by atoms with Crippen LogP contribution in [0.1, 0.15) is 5.89 Å². The maximum absolute atomic E-state index is 5.81. The fourth-order valence-electron chi connectivity index (χ4n) is 2.80. The van der Waals surface area contributed by atoms with E-state index in [1.54, 1.807) is 7.11 Å². The highest BCUT2D eigenvalue weighted by Gasteiger charge is 2.22. The lowest BCUT2D eigenvalue weighted by Crippen LogP contribution is -2.46. The Morgan fingerprint density at radius 1 is 1.25 bits per heavy atom. The van der Waals surface area contributed by atoms with Gasteiger partial charge >= 0.3 is 0 Å². The summed E-state index contributed by atoms with van der Waals surface area (Å²) in [4.78, 5) is 4.44.